The van der Waals surface area contributed by atoms with Gasteiger partial charge in [0, 0.05) is 30.0 Å². The molecule has 21 heavy (non-hydrogen) atoms. The zero-order valence-corrected chi connectivity index (χ0v) is 10.8. The summed E-state index contributed by atoms with van der Waals surface area (Å²) in [4.78, 5) is 0. The zero-order valence-electron chi connectivity index (χ0n) is 10.8. The fourth-order valence-electron chi connectivity index (χ4n) is 2.00. The number of fused-ring (bicyclic) bond motifs is 1. The first-order valence-corrected chi connectivity index (χ1v) is 6.15. The minimum absolute atomic E-state index is 0.0368. The maximum absolute atomic E-state index is 13.2. The Kier molecular flexibility index (Phi) is 3.25. The van der Waals surface area contributed by atoms with Crippen LogP contribution in [0.25, 0.3) is 0 Å². The molecule has 0 amide bonds. The summed E-state index contributed by atoms with van der Waals surface area (Å²) in [6, 6.07) is 4.79. The van der Waals surface area contributed by atoms with Crippen molar-refractivity contribution in [3.63, 3.8) is 0 Å². The van der Waals surface area contributed by atoms with Crippen molar-refractivity contribution < 1.29 is 22.6 Å². The smallest absolute Gasteiger partial charge is 0.194 e. The summed E-state index contributed by atoms with van der Waals surface area (Å²) in [5, 5.41) is 2.72. The van der Waals surface area contributed by atoms with E-state index in [1.165, 1.54) is 0 Å². The highest BCUT2D eigenvalue weighted by atomic mass is 19.2. The topological polar surface area (TPSA) is 56.5 Å². The number of anilines is 3. The monoisotopic (exact) mass is 296 g/mol. The summed E-state index contributed by atoms with van der Waals surface area (Å²) >= 11 is 0. The van der Waals surface area contributed by atoms with Crippen molar-refractivity contribution in [1.29, 1.82) is 0 Å². The first-order valence-electron chi connectivity index (χ1n) is 6.15. The Bertz CT molecular complexity index is 684. The van der Waals surface area contributed by atoms with Gasteiger partial charge in [-0.3, -0.25) is 0 Å². The van der Waals surface area contributed by atoms with E-state index in [2.05, 4.69) is 5.32 Å². The largest absolute Gasteiger partial charge is 0.486 e. The Morgan fingerprint density at radius 3 is 2.10 bits per heavy atom. The molecule has 0 radical (unpaired) electrons. The van der Waals surface area contributed by atoms with E-state index in [1.54, 1.807) is 12.1 Å². The van der Waals surface area contributed by atoms with Gasteiger partial charge in [-0.15, -0.1) is 0 Å². The number of hydrogen-bond donors (Lipinski definition) is 2. The van der Waals surface area contributed by atoms with Crippen molar-refractivity contribution in [3.8, 4) is 11.5 Å². The molecule has 0 unspecified atom stereocenters. The lowest BCUT2D eigenvalue weighted by Gasteiger charge is -2.20. The van der Waals surface area contributed by atoms with Crippen LogP contribution in [0.1, 0.15) is 0 Å². The molecule has 0 aliphatic carbocycles. The second-order valence-corrected chi connectivity index (χ2v) is 4.46. The molecule has 0 saturated carbocycles. The van der Waals surface area contributed by atoms with Gasteiger partial charge in [0.25, 0.3) is 0 Å². The van der Waals surface area contributed by atoms with E-state index >= 15 is 0 Å². The van der Waals surface area contributed by atoms with Crippen LogP contribution in [-0.2, 0) is 0 Å². The number of nitrogens with one attached hydrogen (secondary N) is 1. The highest BCUT2D eigenvalue weighted by Gasteiger charge is 2.16. The summed E-state index contributed by atoms with van der Waals surface area (Å²) in [5.74, 6) is -3.11. The Balaban J connectivity index is 1.95. The molecular weight excluding hydrogens is 285 g/mol. The number of rotatable bonds is 2. The third kappa shape index (κ3) is 2.54. The van der Waals surface area contributed by atoms with Gasteiger partial charge in [-0.2, -0.15) is 0 Å². The van der Waals surface area contributed by atoms with E-state index in [-0.39, 0.29) is 5.69 Å². The van der Waals surface area contributed by atoms with Crippen LogP contribution in [0.4, 0.5) is 30.2 Å². The number of benzene rings is 2. The average Bonchev–Trinajstić information content (AvgIpc) is 2.45. The molecule has 1 aliphatic rings. The zero-order chi connectivity index (χ0) is 15.0. The minimum Gasteiger partial charge on any atom is -0.486 e. The summed E-state index contributed by atoms with van der Waals surface area (Å²) in [6.45, 7) is 0.823. The Morgan fingerprint density at radius 1 is 0.905 bits per heavy atom. The van der Waals surface area contributed by atoms with Crippen LogP contribution >= 0.6 is 0 Å². The van der Waals surface area contributed by atoms with Gasteiger partial charge in [-0.25, -0.2) is 13.2 Å². The molecule has 0 fully saturated rings. The second kappa shape index (κ2) is 5.08. The van der Waals surface area contributed by atoms with Crippen LogP contribution in [0.5, 0.6) is 11.5 Å². The molecule has 0 bridgehead atoms. The molecule has 2 aromatic rings. The summed E-state index contributed by atoms with van der Waals surface area (Å²) < 4.78 is 50.0. The van der Waals surface area contributed by atoms with Crippen molar-refractivity contribution >= 4 is 17.1 Å². The van der Waals surface area contributed by atoms with Gasteiger partial charge in [0.1, 0.15) is 13.2 Å². The first-order chi connectivity index (χ1) is 10.0. The lowest BCUT2D eigenvalue weighted by atomic mass is 10.2. The minimum atomic E-state index is -1.52. The van der Waals surface area contributed by atoms with Crippen LogP contribution < -0.4 is 20.5 Å². The Morgan fingerprint density at radius 2 is 1.48 bits per heavy atom. The maximum atomic E-state index is 13.2. The summed E-state index contributed by atoms with van der Waals surface area (Å²) in [5.41, 5.74) is 6.56. The van der Waals surface area contributed by atoms with Crippen LogP contribution in [0.15, 0.2) is 24.3 Å². The number of halogens is 3. The summed E-state index contributed by atoms with van der Waals surface area (Å²) in [6.07, 6.45) is 0. The van der Waals surface area contributed by atoms with Gasteiger partial charge in [-0.05, 0) is 0 Å². The van der Waals surface area contributed by atoms with Gasteiger partial charge in [0.2, 0.25) is 0 Å². The van der Waals surface area contributed by atoms with E-state index in [4.69, 9.17) is 15.2 Å². The van der Waals surface area contributed by atoms with Gasteiger partial charge >= 0.3 is 0 Å². The summed E-state index contributed by atoms with van der Waals surface area (Å²) in [7, 11) is 0. The van der Waals surface area contributed by atoms with Crippen molar-refractivity contribution in [2.45, 2.75) is 0 Å². The molecular formula is C14H11F3N2O2. The van der Waals surface area contributed by atoms with Crippen LogP contribution in [0.2, 0.25) is 0 Å². The van der Waals surface area contributed by atoms with Crippen LogP contribution in [0, 0.1) is 17.5 Å². The maximum Gasteiger partial charge on any atom is 0.194 e. The van der Waals surface area contributed by atoms with E-state index in [9.17, 15) is 13.2 Å². The number of nitrogen functional groups attached to an aromatic ring is 1. The second-order valence-electron chi connectivity index (χ2n) is 4.46. The van der Waals surface area contributed by atoms with Crippen molar-refractivity contribution in [2.24, 2.45) is 0 Å². The fraction of sp³-hybridized carbons (Fsp3) is 0.143. The van der Waals surface area contributed by atoms with Crippen molar-refractivity contribution in [2.75, 3.05) is 24.3 Å². The normalized spacial score (nSPS) is 13.1. The Labute approximate surface area is 118 Å². The van der Waals surface area contributed by atoms with E-state index in [0.29, 0.717) is 36.1 Å². The SMILES string of the molecule is Nc1cc2c(cc1Nc1cc(F)c(F)c(F)c1)OCCO2. The lowest BCUT2D eigenvalue weighted by molar-refractivity contribution is 0.172. The van der Waals surface area contributed by atoms with Gasteiger partial charge in [-0.1, -0.05) is 0 Å². The molecule has 3 N–H and O–H groups in total. The van der Waals surface area contributed by atoms with E-state index in [1.807, 2.05) is 0 Å². The number of nitrogens with two attached hydrogens (primary N) is 1. The predicted molar refractivity (Wildman–Crippen MR) is 71.4 cm³/mol. The molecule has 0 aromatic heterocycles. The van der Waals surface area contributed by atoms with E-state index in [0.717, 1.165) is 12.1 Å². The molecule has 3 rings (SSSR count). The Hall–Kier alpha value is -2.57. The third-order valence-electron chi connectivity index (χ3n) is 2.98. The van der Waals surface area contributed by atoms with Crippen molar-refractivity contribution in [1.82, 2.24) is 0 Å². The molecule has 0 spiro atoms. The molecule has 0 saturated heterocycles. The van der Waals surface area contributed by atoms with Crippen molar-refractivity contribution in [3.05, 3.63) is 41.7 Å². The molecule has 1 aliphatic heterocycles. The predicted octanol–water partition coefficient (Wildman–Crippen LogP) is 3.20. The van der Waals surface area contributed by atoms with Gasteiger partial charge in [0.05, 0.1) is 11.4 Å². The number of ether oxygens (including phenoxy) is 2. The molecule has 4 nitrogen and oxygen atoms in total. The molecule has 2 aromatic carbocycles. The standard InChI is InChI=1S/C14H11F3N2O2/c15-8-3-7(4-9(16)14(8)17)19-11-6-13-12(5-10(11)18)20-1-2-21-13/h3-6,19H,1-2,18H2. The van der Waals surface area contributed by atoms with E-state index < -0.39 is 17.5 Å². The molecule has 1 heterocycles. The van der Waals surface area contributed by atoms with Crippen LogP contribution in [0.3, 0.4) is 0 Å². The van der Waals surface area contributed by atoms with Gasteiger partial charge in [0.15, 0.2) is 29.0 Å². The van der Waals surface area contributed by atoms with Gasteiger partial charge < -0.3 is 20.5 Å². The first kappa shape index (κ1) is 13.4. The quantitative estimate of drug-likeness (QED) is 0.660. The highest BCUT2D eigenvalue weighted by Crippen LogP contribution is 2.38. The number of hydrogen-bond acceptors (Lipinski definition) is 4. The highest BCUT2D eigenvalue weighted by molar-refractivity contribution is 5.76. The molecule has 110 valence electrons. The molecule has 7 heteroatoms. The fourth-order valence-corrected chi connectivity index (χ4v) is 2.00. The van der Waals surface area contributed by atoms with Crippen LogP contribution in [-0.4, -0.2) is 13.2 Å². The lowest BCUT2D eigenvalue weighted by Crippen LogP contribution is -2.15. The molecule has 0 atom stereocenters. The average molecular weight is 296 g/mol. The third-order valence-corrected chi connectivity index (χ3v) is 2.98.